The van der Waals surface area contributed by atoms with E-state index in [0.717, 1.165) is 20.3 Å². The van der Waals surface area contributed by atoms with Crippen LogP contribution in [0.15, 0.2) is 48.5 Å². The van der Waals surface area contributed by atoms with Crippen molar-refractivity contribution in [3.8, 4) is 0 Å². The van der Waals surface area contributed by atoms with Crippen LogP contribution < -0.4 is 21.3 Å². The molecule has 22 nitrogen and oxygen atoms in total. The van der Waals surface area contributed by atoms with Gasteiger partial charge in [-0.25, -0.2) is 0 Å². The fraction of sp³-hybridized carbons (Fsp3) is 0.623. The van der Waals surface area contributed by atoms with E-state index in [1.165, 1.54) is 89.7 Å². The molecule has 1 saturated heterocycles. The van der Waals surface area contributed by atoms with Gasteiger partial charge in [-0.15, -0.1) is 0 Å². The highest BCUT2D eigenvalue weighted by Crippen LogP contribution is 2.22. The number of hydrogen-bond donors (Lipinski definition) is 4. The second kappa shape index (κ2) is 32.6. The molecule has 8 atom stereocenters. The monoisotopic (exact) mass is 1230 g/mol. The van der Waals surface area contributed by atoms with Crippen LogP contribution in [0.4, 0.5) is 0 Å². The summed E-state index contributed by atoms with van der Waals surface area (Å²) in [6.07, 6.45) is 0.818. The zero-order valence-corrected chi connectivity index (χ0v) is 54.4. The van der Waals surface area contributed by atoms with Crippen LogP contribution in [-0.2, 0) is 65.6 Å². The molecule has 1 aliphatic heterocycles. The second-order valence-electron chi connectivity index (χ2n) is 24.2. The number of benzene rings is 2. The minimum Gasteiger partial charge on any atom is -0.351 e. The normalized spacial score (nSPS) is 24.2. The largest absolute Gasteiger partial charge is 0.351 e. The van der Waals surface area contributed by atoms with Crippen molar-refractivity contribution in [2.75, 3.05) is 69.0 Å². The Kier molecular flexibility index (Phi) is 27.8. The number of amides is 11. The summed E-state index contributed by atoms with van der Waals surface area (Å²) in [5.41, 5.74) is -0.247. The summed E-state index contributed by atoms with van der Waals surface area (Å²) >= 11 is 12.4. The molecule has 0 aliphatic carbocycles. The Morgan fingerprint density at radius 3 is 1.58 bits per heavy atom. The van der Waals surface area contributed by atoms with Crippen LogP contribution in [0.25, 0.3) is 0 Å². The van der Waals surface area contributed by atoms with E-state index < -0.39 is 138 Å². The summed E-state index contributed by atoms with van der Waals surface area (Å²) in [7, 11) is 9.83. The van der Waals surface area contributed by atoms with Crippen molar-refractivity contribution in [1.29, 1.82) is 0 Å². The summed E-state index contributed by atoms with van der Waals surface area (Å²) in [6.45, 7) is 15.5. The van der Waals surface area contributed by atoms with Gasteiger partial charge in [0.1, 0.15) is 41.8 Å². The first kappa shape index (κ1) is 72.4. The van der Waals surface area contributed by atoms with Gasteiger partial charge in [-0.3, -0.25) is 52.7 Å². The number of nitrogens with one attached hydrogen (secondary N) is 4. The molecule has 0 radical (unpaired) electrons. The van der Waals surface area contributed by atoms with E-state index in [1.807, 2.05) is 34.6 Å². The molecule has 1 unspecified atom stereocenters. The first-order chi connectivity index (χ1) is 39.5. The minimum absolute atomic E-state index is 0.0393. The topological polar surface area (TPSA) is 259 Å². The SMILES string of the molecule is CCC(C)[C@@H]1NC(=O)[C@H](C)N(C)C(=O)C[C@@H](C)NC(=O)[C@H](CC(C)C)N(C)C(=O)C(C)(C)NC(=O)[C@H](CC(C)C)N(C)C(=O)[C@H](CCc2ccc(Cl)cc2)NC(=O)CN(C)C(=O)[C@H](Cc2ccc(Cl)cc2)N(C)C(=O)CN(C)C(=O)CN(C)C1=O. The second-order valence-corrected chi connectivity index (χ2v) is 25.1. The van der Waals surface area contributed by atoms with E-state index in [4.69, 9.17) is 23.2 Å². The summed E-state index contributed by atoms with van der Waals surface area (Å²) in [4.78, 5) is 165. The molecule has 1 fully saturated rings. The lowest BCUT2D eigenvalue weighted by molar-refractivity contribution is -0.149. The molecular formula is C61H93Cl2N11O11. The van der Waals surface area contributed by atoms with Crippen LogP contribution >= 0.6 is 23.2 Å². The number of carbonyl (C=O) groups excluding carboxylic acids is 11. The highest BCUT2D eigenvalue weighted by molar-refractivity contribution is 6.30. The van der Waals surface area contributed by atoms with Gasteiger partial charge in [0.2, 0.25) is 65.0 Å². The van der Waals surface area contributed by atoms with Crippen LogP contribution in [0.1, 0.15) is 112 Å². The lowest BCUT2D eigenvalue weighted by Crippen LogP contribution is -2.63. The molecule has 4 N–H and O–H groups in total. The van der Waals surface area contributed by atoms with Gasteiger partial charge in [0.05, 0.1) is 19.6 Å². The molecule has 85 heavy (non-hydrogen) atoms. The molecule has 0 saturated carbocycles. The van der Waals surface area contributed by atoms with Gasteiger partial charge >= 0.3 is 0 Å². The zero-order chi connectivity index (χ0) is 64.5. The quantitative estimate of drug-likeness (QED) is 0.252. The van der Waals surface area contributed by atoms with Gasteiger partial charge in [-0.2, -0.15) is 0 Å². The summed E-state index contributed by atoms with van der Waals surface area (Å²) < 4.78 is 0. The predicted octanol–water partition coefficient (Wildman–Crippen LogP) is 3.78. The molecule has 11 amide bonds. The molecule has 1 aliphatic rings. The van der Waals surface area contributed by atoms with E-state index in [1.54, 1.807) is 62.4 Å². The Morgan fingerprint density at radius 1 is 0.541 bits per heavy atom. The van der Waals surface area contributed by atoms with Crippen LogP contribution in [0, 0.1) is 17.8 Å². The van der Waals surface area contributed by atoms with Gasteiger partial charge in [0.15, 0.2) is 0 Å². The third-order valence-electron chi connectivity index (χ3n) is 15.6. The van der Waals surface area contributed by atoms with Crippen LogP contribution in [0.3, 0.4) is 0 Å². The van der Waals surface area contributed by atoms with Crippen molar-refractivity contribution in [2.24, 2.45) is 17.8 Å². The minimum atomic E-state index is -1.65. The number of aryl methyl sites for hydroxylation is 1. The van der Waals surface area contributed by atoms with Crippen molar-refractivity contribution in [3.63, 3.8) is 0 Å². The van der Waals surface area contributed by atoms with Crippen LogP contribution in [-0.4, -0.2) is 216 Å². The van der Waals surface area contributed by atoms with Crippen molar-refractivity contribution in [3.05, 3.63) is 69.7 Å². The number of likely N-dealkylation sites (N-methyl/N-ethyl adjacent to an activating group) is 7. The van der Waals surface area contributed by atoms with E-state index >= 15 is 0 Å². The number of nitrogens with zero attached hydrogens (tertiary/aromatic N) is 7. The van der Waals surface area contributed by atoms with Gasteiger partial charge in [-0.05, 0) is 107 Å². The lowest BCUT2D eigenvalue weighted by atomic mass is 9.95. The van der Waals surface area contributed by atoms with E-state index in [9.17, 15) is 52.7 Å². The first-order valence-electron chi connectivity index (χ1n) is 29.0. The van der Waals surface area contributed by atoms with E-state index in [0.29, 0.717) is 22.0 Å². The zero-order valence-electron chi connectivity index (χ0n) is 52.8. The third-order valence-corrected chi connectivity index (χ3v) is 16.1. The van der Waals surface area contributed by atoms with Gasteiger partial charge in [-0.1, -0.05) is 95.4 Å². The number of hydrogen-bond acceptors (Lipinski definition) is 11. The Hall–Kier alpha value is -6.81. The standard InChI is InChI=1S/C61H93Cl2N11O11/c1-18-38(6)53-59(84)70(13)34-51(77)68(11)35-52(78)72(15)48(32-42-21-26-44(63)27-22-42)58(83)69(12)33-49(75)65-45(28-23-41-19-24-43(62)25-20-41)57(82)73(16)47(30-37(4)5)56(81)67-61(9,10)60(85)74(17)46(29-36(2)3)55(80)64-39(7)31-50(76)71(14)40(8)54(79)66-53/h19-22,24-27,36-40,45-48,53H,18,23,28-35H2,1-17H3,(H,64,80)(H,65,75)(H,66,79)(H,67,81)/t38?,39-,40+,45+,46+,47+,48+,53+/m1/s1. The summed E-state index contributed by atoms with van der Waals surface area (Å²) in [5, 5.41) is 12.2. The van der Waals surface area contributed by atoms with Crippen molar-refractivity contribution >= 4 is 88.2 Å². The number of rotatable bonds is 11. The molecule has 0 spiro atoms. The van der Waals surface area contributed by atoms with Gasteiger partial charge < -0.3 is 55.6 Å². The maximum Gasteiger partial charge on any atom is 0.248 e. The molecule has 2 aromatic carbocycles. The molecule has 3 rings (SSSR count). The smallest absolute Gasteiger partial charge is 0.248 e. The maximum atomic E-state index is 14.9. The predicted molar refractivity (Wildman–Crippen MR) is 326 cm³/mol. The fourth-order valence-electron chi connectivity index (χ4n) is 9.80. The highest BCUT2D eigenvalue weighted by atomic mass is 35.5. The molecule has 24 heteroatoms. The highest BCUT2D eigenvalue weighted by Gasteiger charge is 2.42. The average Bonchev–Trinajstić information content (AvgIpc) is 3.63. The third kappa shape index (κ3) is 21.3. The Balaban J connectivity index is 2.17. The van der Waals surface area contributed by atoms with Gasteiger partial charge in [0, 0.05) is 78.3 Å². The molecule has 2 aromatic rings. The van der Waals surface area contributed by atoms with Crippen LogP contribution in [0.2, 0.25) is 10.0 Å². The number of carbonyl (C=O) groups is 11. The molecular weight excluding hydrogens is 1130 g/mol. The van der Waals surface area contributed by atoms with Gasteiger partial charge in [0.25, 0.3) is 0 Å². The van der Waals surface area contributed by atoms with E-state index in [-0.39, 0.29) is 50.4 Å². The van der Waals surface area contributed by atoms with Crippen molar-refractivity contribution < 1.29 is 52.7 Å². The van der Waals surface area contributed by atoms with E-state index in [2.05, 4.69) is 21.3 Å². The lowest BCUT2D eigenvalue weighted by Gasteiger charge is -2.38. The molecule has 0 bridgehead atoms. The number of halogens is 2. The molecule has 0 aromatic heterocycles. The Bertz CT molecular complexity index is 2690. The molecule has 1 heterocycles. The van der Waals surface area contributed by atoms with Crippen molar-refractivity contribution in [2.45, 2.75) is 162 Å². The molecule has 472 valence electrons. The van der Waals surface area contributed by atoms with Crippen LogP contribution in [0.5, 0.6) is 0 Å². The maximum absolute atomic E-state index is 14.9. The Morgan fingerprint density at radius 2 is 1.05 bits per heavy atom. The fourth-order valence-corrected chi connectivity index (χ4v) is 10.1. The summed E-state index contributed by atoms with van der Waals surface area (Å²) in [6, 6.07) is 5.82. The average molecular weight is 1230 g/mol. The van der Waals surface area contributed by atoms with Crippen molar-refractivity contribution in [1.82, 2.24) is 55.6 Å². The summed E-state index contributed by atoms with van der Waals surface area (Å²) in [5.74, 6) is -7.68. The Labute approximate surface area is 512 Å². The first-order valence-corrected chi connectivity index (χ1v) is 29.8.